The van der Waals surface area contributed by atoms with Crippen LogP contribution in [0.5, 0.6) is 0 Å². The Balaban J connectivity index is 1.13. The first-order chi connectivity index (χ1) is 21.6. The molecule has 0 spiro atoms. The Morgan fingerprint density at radius 2 is 1.82 bits per heavy atom. The summed E-state index contributed by atoms with van der Waals surface area (Å²) in [5.41, 5.74) is 7.94. The summed E-state index contributed by atoms with van der Waals surface area (Å²) in [5.74, 6) is 4.27. The van der Waals surface area contributed by atoms with E-state index < -0.39 is 8.07 Å². The van der Waals surface area contributed by atoms with Crippen LogP contribution in [-0.4, -0.2) is 49.5 Å². The van der Waals surface area contributed by atoms with Crippen LogP contribution in [0.3, 0.4) is 0 Å². The van der Waals surface area contributed by atoms with Gasteiger partial charge in [-0.1, -0.05) is 71.3 Å². The highest BCUT2D eigenvalue weighted by molar-refractivity contribution is 7.22. The van der Waals surface area contributed by atoms with Gasteiger partial charge in [0.05, 0.1) is 51.2 Å². The summed E-state index contributed by atoms with van der Waals surface area (Å²) < 4.78 is 18.5. The van der Waals surface area contributed by atoms with Gasteiger partial charge < -0.3 is 18.9 Å². The number of hydrogen-bond acceptors (Lipinski definition) is 8. The number of carbonyl (C=O) groups is 1. The summed E-state index contributed by atoms with van der Waals surface area (Å²) in [6.45, 7) is 7.04. The average Bonchev–Trinajstić information content (AvgIpc) is 3.53. The van der Waals surface area contributed by atoms with Gasteiger partial charge in [0.2, 0.25) is 0 Å². The minimum absolute atomic E-state index is 0.105. The van der Waals surface area contributed by atoms with E-state index in [-0.39, 0.29) is 12.1 Å². The number of esters is 1. The molecule has 7 rings (SSSR count). The zero-order valence-corrected chi connectivity index (χ0v) is 29.1. The third-order valence-electron chi connectivity index (χ3n) is 8.82. The summed E-state index contributed by atoms with van der Waals surface area (Å²) in [7, 11) is -0.230. The first-order valence-corrected chi connectivity index (χ1v) is 20.6. The number of benzene rings is 2. The van der Waals surface area contributed by atoms with Crippen molar-refractivity contribution in [1.82, 2.24) is 10.1 Å². The molecule has 3 fully saturated rings. The quantitative estimate of drug-likeness (QED) is 0.110. The second-order valence-corrected chi connectivity index (χ2v) is 19.9. The number of aromatic nitrogens is 2. The molecule has 2 aromatic carbocycles. The van der Waals surface area contributed by atoms with Crippen molar-refractivity contribution in [2.24, 2.45) is 0 Å². The maximum absolute atomic E-state index is 12.5. The normalized spacial score (nSPS) is 21.2. The van der Waals surface area contributed by atoms with Crippen LogP contribution >= 0.6 is 34.5 Å². The van der Waals surface area contributed by atoms with Gasteiger partial charge >= 0.3 is 5.97 Å². The van der Waals surface area contributed by atoms with E-state index in [0.29, 0.717) is 51.5 Å². The molecule has 7 nitrogen and oxygen atoms in total. The zero-order chi connectivity index (χ0) is 31.5. The molecule has 2 atom stereocenters. The van der Waals surface area contributed by atoms with Crippen molar-refractivity contribution in [3.05, 3.63) is 62.8 Å². The molecule has 0 amide bonds. The topological polar surface area (TPSA) is 77.7 Å². The predicted octanol–water partition coefficient (Wildman–Crippen LogP) is 8.87. The molecule has 3 aliphatic rings. The van der Waals surface area contributed by atoms with E-state index in [4.69, 9.17) is 42.2 Å². The van der Waals surface area contributed by atoms with E-state index in [0.717, 1.165) is 70.8 Å². The number of hydrogen-bond donors (Lipinski definition) is 0. The van der Waals surface area contributed by atoms with Crippen molar-refractivity contribution in [2.75, 3.05) is 12.0 Å². The Bertz CT molecular complexity index is 1820. The smallest absolute Gasteiger partial charge is 0.337 e. The number of piperidine rings is 1. The van der Waals surface area contributed by atoms with E-state index >= 15 is 0 Å². The molecular weight excluding hydrogens is 645 g/mol. The number of carbonyl (C=O) groups excluding carboxylic acids is 1. The number of anilines is 1. The summed E-state index contributed by atoms with van der Waals surface area (Å²) in [6, 6.07) is 9.85. The highest BCUT2D eigenvalue weighted by Crippen LogP contribution is 2.47. The lowest BCUT2D eigenvalue weighted by atomic mass is 10.00. The van der Waals surface area contributed by atoms with Crippen LogP contribution in [0.15, 0.2) is 34.9 Å². The minimum Gasteiger partial charge on any atom is -0.465 e. The van der Waals surface area contributed by atoms with E-state index in [9.17, 15) is 4.79 Å². The Hall–Kier alpha value is -2.87. The molecule has 11 heteroatoms. The molecule has 0 N–H and O–H groups in total. The van der Waals surface area contributed by atoms with Gasteiger partial charge in [-0.05, 0) is 62.8 Å². The van der Waals surface area contributed by atoms with Crippen LogP contribution < -0.4 is 4.90 Å². The maximum Gasteiger partial charge on any atom is 0.337 e. The SMILES string of the molecule is COC(=O)c1cc(C#C[Si](C)(C)C)c2nc(N3C4CCC3CC(OCc3c(-c5c(Cl)cccc5Cl)noc3C3CC3)C4)sc2c1. The van der Waals surface area contributed by atoms with Crippen LogP contribution in [-0.2, 0) is 16.1 Å². The molecule has 2 unspecified atom stereocenters. The number of fused-ring (bicyclic) bond motifs is 3. The molecule has 2 aliphatic heterocycles. The van der Waals surface area contributed by atoms with E-state index in [1.807, 2.05) is 30.3 Å². The molecule has 45 heavy (non-hydrogen) atoms. The molecule has 0 radical (unpaired) electrons. The lowest BCUT2D eigenvalue weighted by Crippen LogP contribution is -2.45. The van der Waals surface area contributed by atoms with Crippen LogP contribution in [0, 0.1) is 11.5 Å². The average molecular weight is 681 g/mol. The van der Waals surface area contributed by atoms with Gasteiger partial charge in [0.1, 0.15) is 19.5 Å². The van der Waals surface area contributed by atoms with Gasteiger partial charge in [-0.2, -0.15) is 0 Å². The minimum atomic E-state index is -1.64. The molecule has 234 valence electrons. The Labute approximate surface area is 278 Å². The number of halogens is 2. The fourth-order valence-electron chi connectivity index (χ4n) is 6.54. The number of nitrogens with zero attached hydrogens (tertiary/aromatic N) is 3. The van der Waals surface area contributed by atoms with E-state index in [1.165, 1.54) is 7.11 Å². The summed E-state index contributed by atoms with van der Waals surface area (Å²) in [5, 5.41) is 6.52. The summed E-state index contributed by atoms with van der Waals surface area (Å²) >= 11 is 14.8. The molecule has 2 aromatic heterocycles. The van der Waals surface area contributed by atoms with E-state index in [2.05, 4.69) is 41.2 Å². The van der Waals surface area contributed by atoms with Gasteiger partial charge in [-0.3, -0.25) is 0 Å². The van der Waals surface area contributed by atoms with Crippen molar-refractivity contribution in [2.45, 2.75) is 88.9 Å². The largest absolute Gasteiger partial charge is 0.465 e. The number of thiazole rings is 1. The second-order valence-electron chi connectivity index (χ2n) is 13.3. The van der Waals surface area contributed by atoms with Crippen molar-refractivity contribution < 1.29 is 18.8 Å². The maximum atomic E-state index is 12.5. The molecule has 1 saturated carbocycles. The third kappa shape index (κ3) is 6.16. The number of ether oxygens (including phenoxy) is 2. The molecule has 2 bridgehead atoms. The Kier molecular flexibility index (Phi) is 8.24. The van der Waals surface area contributed by atoms with Crippen LogP contribution in [0.2, 0.25) is 29.7 Å². The van der Waals surface area contributed by atoms with Crippen molar-refractivity contribution >= 4 is 63.9 Å². The zero-order valence-electron chi connectivity index (χ0n) is 25.8. The molecule has 4 heterocycles. The predicted molar refractivity (Wildman–Crippen MR) is 182 cm³/mol. The van der Waals surface area contributed by atoms with Crippen molar-refractivity contribution in [3.8, 4) is 22.7 Å². The Morgan fingerprint density at radius 3 is 2.47 bits per heavy atom. The van der Waals surface area contributed by atoms with Crippen molar-refractivity contribution in [1.29, 1.82) is 0 Å². The van der Waals surface area contributed by atoms with Gasteiger partial charge in [-0.15, -0.1) is 5.54 Å². The number of methoxy groups -OCH3 is 1. The highest BCUT2D eigenvalue weighted by Gasteiger charge is 2.43. The summed E-state index contributed by atoms with van der Waals surface area (Å²) in [4.78, 5) is 20.1. The highest BCUT2D eigenvalue weighted by atomic mass is 35.5. The number of rotatable bonds is 7. The Morgan fingerprint density at radius 1 is 1.11 bits per heavy atom. The van der Waals surface area contributed by atoms with Crippen LogP contribution in [0.1, 0.15) is 71.7 Å². The fraction of sp³-hybridized carbons (Fsp3) is 0.441. The standard InChI is InChI=1S/C34H35Cl2N3O4SSi/c1-41-33(40)21-14-20(12-13-45(2,3)4)30-28(15-21)44-34(37-30)39-22-10-11-23(39)17-24(16-22)42-18-25-31(38-43-32(25)19-8-9-19)29-26(35)6-5-7-27(29)36/h5-7,14-15,19,22-24H,8-11,16-18H2,1-4H3. The lowest BCUT2D eigenvalue weighted by molar-refractivity contribution is 0.0147. The summed E-state index contributed by atoms with van der Waals surface area (Å²) in [6.07, 6.45) is 6.30. The van der Waals surface area contributed by atoms with Crippen LogP contribution in [0.25, 0.3) is 21.5 Å². The molecule has 4 aromatic rings. The van der Waals surface area contributed by atoms with Gasteiger partial charge in [-0.25, -0.2) is 9.78 Å². The second kappa shape index (κ2) is 12.1. The van der Waals surface area contributed by atoms with Crippen LogP contribution in [0.4, 0.5) is 5.13 Å². The lowest BCUT2D eigenvalue weighted by Gasteiger charge is -2.38. The van der Waals surface area contributed by atoms with E-state index in [1.54, 1.807) is 11.3 Å². The van der Waals surface area contributed by atoms with Gasteiger partial charge in [0, 0.05) is 29.1 Å². The van der Waals surface area contributed by atoms with Crippen molar-refractivity contribution in [3.63, 3.8) is 0 Å². The third-order valence-corrected chi connectivity index (χ3v) is 11.3. The van der Waals surface area contributed by atoms with Gasteiger partial charge in [0.15, 0.2) is 5.13 Å². The van der Waals surface area contributed by atoms with Gasteiger partial charge in [0.25, 0.3) is 0 Å². The first kappa shape index (κ1) is 30.8. The molecular formula is C34H35Cl2N3O4SSi. The monoisotopic (exact) mass is 679 g/mol. The molecule has 1 aliphatic carbocycles. The first-order valence-electron chi connectivity index (χ1n) is 15.5. The molecule has 2 saturated heterocycles. The fourth-order valence-corrected chi connectivity index (χ4v) is 8.80.